The SMILES string of the molecule is CS(=O)(=O)c1c(C2C[C@H]3CC[C@@H](C2)N3Cc2ncn[nH]2)nc2c(-c3ccc(-c4ccccc4)nc3)cnn2c1N. The minimum atomic E-state index is -3.66. The fourth-order valence-electron chi connectivity index (χ4n) is 6.45. The van der Waals surface area contributed by atoms with Gasteiger partial charge in [0.2, 0.25) is 0 Å². The monoisotopic (exact) mass is 555 g/mol. The molecule has 40 heavy (non-hydrogen) atoms. The molecule has 1 unspecified atom stereocenters. The minimum Gasteiger partial charge on any atom is -0.382 e. The zero-order valence-electron chi connectivity index (χ0n) is 22.0. The number of rotatable bonds is 6. The molecule has 1 aromatic carbocycles. The van der Waals surface area contributed by atoms with Gasteiger partial charge in [-0.1, -0.05) is 36.4 Å². The lowest BCUT2D eigenvalue weighted by atomic mass is 9.87. The molecule has 0 radical (unpaired) electrons. The van der Waals surface area contributed by atoms with Gasteiger partial charge in [0.1, 0.15) is 22.9 Å². The van der Waals surface area contributed by atoms with E-state index in [9.17, 15) is 8.42 Å². The number of nitrogens with one attached hydrogen (secondary N) is 1. The Morgan fingerprint density at radius 2 is 1.77 bits per heavy atom. The summed E-state index contributed by atoms with van der Waals surface area (Å²) in [7, 11) is -3.66. The smallest absolute Gasteiger partial charge is 0.180 e. The van der Waals surface area contributed by atoms with E-state index in [1.165, 1.54) is 17.1 Å². The van der Waals surface area contributed by atoms with Gasteiger partial charge in [-0.3, -0.25) is 15.0 Å². The second kappa shape index (κ2) is 9.49. The highest BCUT2D eigenvalue weighted by Gasteiger charge is 2.43. The summed E-state index contributed by atoms with van der Waals surface area (Å²) in [5, 5.41) is 11.4. The molecule has 3 N–H and O–H groups in total. The van der Waals surface area contributed by atoms with Gasteiger partial charge in [-0.05, 0) is 31.7 Å². The van der Waals surface area contributed by atoms with Crippen molar-refractivity contribution in [3.8, 4) is 22.4 Å². The van der Waals surface area contributed by atoms with Crippen molar-refractivity contribution in [2.75, 3.05) is 12.0 Å². The Labute approximate surface area is 231 Å². The maximum atomic E-state index is 13.1. The van der Waals surface area contributed by atoms with Crippen LogP contribution < -0.4 is 5.73 Å². The number of piperidine rings is 1. The van der Waals surface area contributed by atoms with E-state index in [0.717, 1.165) is 53.9 Å². The molecule has 0 spiro atoms. The van der Waals surface area contributed by atoms with Crippen molar-refractivity contribution < 1.29 is 8.42 Å². The molecule has 11 nitrogen and oxygen atoms in total. The molecule has 0 saturated carbocycles. The molecule has 2 aliphatic heterocycles. The number of H-pyrrole nitrogens is 1. The van der Waals surface area contributed by atoms with Gasteiger partial charge in [0.15, 0.2) is 15.5 Å². The first-order chi connectivity index (χ1) is 19.4. The van der Waals surface area contributed by atoms with Gasteiger partial charge in [0, 0.05) is 47.1 Å². The number of hydrogen-bond donors (Lipinski definition) is 2. The van der Waals surface area contributed by atoms with Gasteiger partial charge in [0.05, 0.1) is 24.1 Å². The fourth-order valence-corrected chi connectivity index (χ4v) is 7.51. The van der Waals surface area contributed by atoms with Crippen molar-refractivity contribution in [1.29, 1.82) is 0 Å². The summed E-state index contributed by atoms with van der Waals surface area (Å²) in [6.07, 6.45) is 9.90. The first-order valence-electron chi connectivity index (χ1n) is 13.4. The molecular weight excluding hydrogens is 526 g/mol. The predicted molar refractivity (Wildman–Crippen MR) is 150 cm³/mol. The molecule has 6 heterocycles. The van der Waals surface area contributed by atoms with Gasteiger partial charge in [-0.15, -0.1) is 0 Å². The number of hydrogen-bond acceptors (Lipinski definition) is 9. The third-order valence-corrected chi connectivity index (χ3v) is 9.41. The van der Waals surface area contributed by atoms with Crippen LogP contribution in [0.4, 0.5) is 5.82 Å². The number of anilines is 1. The zero-order chi connectivity index (χ0) is 27.4. The number of nitrogens with two attached hydrogens (primary N) is 1. The maximum absolute atomic E-state index is 13.1. The zero-order valence-corrected chi connectivity index (χ0v) is 22.8. The summed E-state index contributed by atoms with van der Waals surface area (Å²) in [5.41, 5.74) is 11.1. The van der Waals surface area contributed by atoms with Crippen LogP contribution in [0.3, 0.4) is 0 Å². The van der Waals surface area contributed by atoms with E-state index in [1.807, 2.05) is 42.5 Å². The number of aromatic amines is 1. The third kappa shape index (κ3) is 4.23. The number of fused-ring (bicyclic) bond motifs is 3. The summed E-state index contributed by atoms with van der Waals surface area (Å²) >= 11 is 0. The van der Waals surface area contributed by atoms with Crippen LogP contribution in [0.2, 0.25) is 0 Å². The van der Waals surface area contributed by atoms with Crippen LogP contribution in [0.1, 0.15) is 43.1 Å². The Hall–Kier alpha value is -4.16. The van der Waals surface area contributed by atoms with Crippen molar-refractivity contribution in [2.24, 2.45) is 0 Å². The largest absolute Gasteiger partial charge is 0.382 e. The summed E-state index contributed by atoms with van der Waals surface area (Å²) < 4.78 is 27.6. The summed E-state index contributed by atoms with van der Waals surface area (Å²) in [6.45, 7) is 0.703. The lowest BCUT2D eigenvalue weighted by Gasteiger charge is -2.38. The molecule has 2 saturated heterocycles. The topological polar surface area (TPSA) is 148 Å². The third-order valence-electron chi connectivity index (χ3n) is 8.25. The standard InChI is InChI=1S/C28H29N9O2S/c1-40(38,39)26-25(19-11-20-8-9-21(12-19)36(20)15-24-31-16-32-35-24)34-28-22(14-33-37(28)27(26)29)18-7-10-23(30-13-18)17-5-3-2-4-6-17/h2-7,10,13-14,16,19-21H,8-9,11-12,15,29H2,1H3,(H,31,32,35)/t19?,20-,21+. The fraction of sp³-hybridized carbons (Fsp3) is 0.321. The van der Waals surface area contributed by atoms with E-state index in [2.05, 4.69) is 30.2 Å². The van der Waals surface area contributed by atoms with Crippen LogP contribution in [0.25, 0.3) is 28.0 Å². The molecule has 0 amide bonds. The Kier molecular flexibility index (Phi) is 5.90. The van der Waals surface area contributed by atoms with Crippen LogP contribution >= 0.6 is 0 Å². The molecule has 0 aliphatic carbocycles. The van der Waals surface area contributed by atoms with Crippen LogP contribution in [0, 0.1) is 0 Å². The number of benzene rings is 1. The second-order valence-corrected chi connectivity index (χ2v) is 12.7. The summed E-state index contributed by atoms with van der Waals surface area (Å²) in [5.74, 6) is 0.896. The summed E-state index contributed by atoms with van der Waals surface area (Å²) in [4.78, 5) is 16.5. The summed E-state index contributed by atoms with van der Waals surface area (Å²) in [6, 6.07) is 14.5. The quantitative estimate of drug-likeness (QED) is 0.321. The van der Waals surface area contributed by atoms with E-state index in [-0.39, 0.29) is 16.6 Å². The average Bonchev–Trinajstić information content (AvgIpc) is 3.67. The first kappa shape index (κ1) is 24.9. The van der Waals surface area contributed by atoms with Crippen molar-refractivity contribution in [3.05, 3.63) is 72.7 Å². The number of aromatic nitrogens is 7. The molecule has 12 heteroatoms. The van der Waals surface area contributed by atoms with Crippen LogP contribution in [-0.4, -0.2) is 66.4 Å². The predicted octanol–water partition coefficient (Wildman–Crippen LogP) is 3.47. The molecule has 2 fully saturated rings. The molecule has 4 aromatic heterocycles. The van der Waals surface area contributed by atoms with Crippen molar-refractivity contribution in [2.45, 2.75) is 55.1 Å². The van der Waals surface area contributed by atoms with Gasteiger partial charge < -0.3 is 5.73 Å². The molecule has 204 valence electrons. The van der Waals surface area contributed by atoms with Crippen molar-refractivity contribution >= 4 is 21.3 Å². The number of nitrogens with zero attached hydrogens (tertiary/aromatic N) is 7. The van der Waals surface area contributed by atoms with Gasteiger partial charge in [0.25, 0.3) is 0 Å². The highest BCUT2D eigenvalue weighted by molar-refractivity contribution is 7.91. The Morgan fingerprint density at radius 3 is 2.42 bits per heavy atom. The number of nitrogen functional groups attached to an aromatic ring is 1. The van der Waals surface area contributed by atoms with Crippen LogP contribution in [0.15, 0.2) is 66.1 Å². The lowest BCUT2D eigenvalue weighted by molar-refractivity contribution is 0.114. The molecule has 2 aliphatic rings. The van der Waals surface area contributed by atoms with E-state index >= 15 is 0 Å². The normalized spacial score (nSPS) is 21.3. The molecular formula is C28H29N9O2S. The van der Waals surface area contributed by atoms with E-state index in [4.69, 9.17) is 10.7 Å². The van der Waals surface area contributed by atoms with Crippen LogP contribution in [0.5, 0.6) is 0 Å². The number of sulfone groups is 1. The Balaban J connectivity index is 1.28. The molecule has 7 rings (SSSR count). The van der Waals surface area contributed by atoms with Gasteiger partial charge in [-0.2, -0.15) is 14.7 Å². The Bertz CT molecular complexity index is 1770. The number of pyridine rings is 1. The first-order valence-corrected chi connectivity index (χ1v) is 15.2. The van der Waals surface area contributed by atoms with E-state index in [0.29, 0.717) is 30.0 Å². The van der Waals surface area contributed by atoms with Gasteiger partial charge in [-0.25, -0.2) is 18.4 Å². The molecule has 3 atom stereocenters. The second-order valence-electron chi connectivity index (χ2n) is 10.7. The maximum Gasteiger partial charge on any atom is 0.180 e. The van der Waals surface area contributed by atoms with Crippen molar-refractivity contribution in [3.63, 3.8) is 0 Å². The van der Waals surface area contributed by atoms with E-state index < -0.39 is 9.84 Å². The van der Waals surface area contributed by atoms with Crippen LogP contribution in [-0.2, 0) is 16.4 Å². The Morgan fingerprint density at radius 1 is 1.00 bits per heavy atom. The van der Waals surface area contributed by atoms with Crippen molar-refractivity contribution in [1.82, 2.24) is 39.7 Å². The highest BCUT2D eigenvalue weighted by atomic mass is 32.2. The molecule has 2 bridgehead atoms. The lowest BCUT2D eigenvalue weighted by Crippen LogP contribution is -2.42. The van der Waals surface area contributed by atoms with E-state index in [1.54, 1.807) is 12.4 Å². The van der Waals surface area contributed by atoms with Gasteiger partial charge >= 0.3 is 0 Å². The molecule has 5 aromatic rings. The minimum absolute atomic E-state index is 0.0400. The highest BCUT2D eigenvalue weighted by Crippen LogP contribution is 2.45. The average molecular weight is 556 g/mol.